The van der Waals surface area contributed by atoms with E-state index in [1.54, 1.807) is 11.3 Å². The zero-order chi connectivity index (χ0) is 18.2. The van der Waals surface area contributed by atoms with Gasteiger partial charge in [-0.1, -0.05) is 12.1 Å². The molecule has 1 saturated heterocycles. The molecular formula is C21H27NO3S. The van der Waals surface area contributed by atoms with E-state index in [2.05, 4.69) is 46.0 Å². The van der Waals surface area contributed by atoms with Crippen molar-refractivity contribution in [3.8, 4) is 5.75 Å². The number of piperidine rings is 1. The number of carbonyl (C=O) groups is 1. The molecule has 140 valence electrons. The lowest BCUT2D eigenvalue weighted by molar-refractivity contribution is -0.149. The van der Waals surface area contributed by atoms with Gasteiger partial charge in [-0.15, -0.1) is 0 Å². The molecule has 5 heteroatoms. The lowest BCUT2D eigenvalue weighted by Crippen LogP contribution is -2.39. The maximum absolute atomic E-state index is 11.8. The first kappa shape index (κ1) is 18.9. The molecule has 0 N–H and O–H groups in total. The van der Waals surface area contributed by atoms with E-state index in [1.807, 2.05) is 6.92 Å². The second kappa shape index (κ2) is 9.74. The Balaban J connectivity index is 1.35. The van der Waals surface area contributed by atoms with Crippen molar-refractivity contribution >= 4 is 17.3 Å². The number of thiophene rings is 1. The standard InChI is InChI=1S/C21H27NO3S/c1-2-24-21(23)19-7-10-22(11-8-19)12-13-25-20-5-3-17(4-6-20)15-18-9-14-26-16-18/h3-6,9,14,16,19H,2,7-8,10-13,15H2,1H3. The van der Waals surface area contributed by atoms with Crippen LogP contribution in [0.25, 0.3) is 0 Å². The average molecular weight is 374 g/mol. The van der Waals surface area contributed by atoms with Gasteiger partial charge in [-0.05, 0) is 79.4 Å². The fourth-order valence-electron chi connectivity index (χ4n) is 3.28. The van der Waals surface area contributed by atoms with Gasteiger partial charge in [-0.3, -0.25) is 9.69 Å². The number of esters is 1. The molecule has 1 aliphatic rings. The molecule has 3 rings (SSSR count). The number of hydrogen-bond acceptors (Lipinski definition) is 5. The van der Waals surface area contributed by atoms with Crippen molar-refractivity contribution in [3.05, 3.63) is 52.2 Å². The van der Waals surface area contributed by atoms with Gasteiger partial charge < -0.3 is 9.47 Å². The quantitative estimate of drug-likeness (QED) is 0.656. The number of nitrogens with zero attached hydrogens (tertiary/aromatic N) is 1. The molecule has 1 aromatic carbocycles. The zero-order valence-corrected chi connectivity index (χ0v) is 16.2. The van der Waals surface area contributed by atoms with Gasteiger partial charge in [0, 0.05) is 6.54 Å². The van der Waals surface area contributed by atoms with E-state index in [1.165, 1.54) is 11.1 Å². The molecule has 1 aliphatic heterocycles. The smallest absolute Gasteiger partial charge is 0.309 e. The van der Waals surface area contributed by atoms with Crippen molar-refractivity contribution in [1.82, 2.24) is 4.90 Å². The molecule has 0 aliphatic carbocycles. The summed E-state index contributed by atoms with van der Waals surface area (Å²) in [4.78, 5) is 14.1. The van der Waals surface area contributed by atoms with E-state index < -0.39 is 0 Å². The Morgan fingerprint density at radius 2 is 1.92 bits per heavy atom. The maximum atomic E-state index is 11.8. The van der Waals surface area contributed by atoms with E-state index in [-0.39, 0.29) is 11.9 Å². The van der Waals surface area contributed by atoms with Crippen LogP contribution in [0.3, 0.4) is 0 Å². The molecule has 4 nitrogen and oxygen atoms in total. The summed E-state index contributed by atoms with van der Waals surface area (Å²) in [5, 5.41) is 4.30. The number of ether oxygens (including phenoxy) is 2. The molecule has 0 saturated carbocycles. The molecule has 2 heterocycles. The zero-order valence-electron chi connectivity index (χ0n) is 15.4. The molecule has 0 atom stereocenters. The second-order valence-electron chi connectivity index (χ2n) is 6.67. The van der Waals surface area contributed by atoms with Crippen LogP contribution in [0.1, 0.15) is 30.9 Å². The summed E-state index contributed by atoms with van der Waals surface area (Å²) in [6.07, 6.45) is 2.74. The summed E-state index contributed by atoms with van der Waals surface area (Å²) in [6.45, 7) is 5.77. The van der Waals surface area contributed by atoms with Crippen molar-refractivity contribution in [2.75, 3.05) is 32.8 Å². The molecule has 0 unspecified atom stereocenters. The Morgan fingerprint density at radius 3 is 2.58 bits per heavy atom. The maximum Gasteiger partial charge on any atom is 0.309 e. The molecule has 26 heavy (non-hydrogen) atoms. The molecule has 0 bridgehead atoms. The third-order valence-electron chi connectivity index (χ3n) is 4.80. The van der Waals surface area contributed by atoms with Gasteiger partial charge in [0.05, 0.1) is 12.5 Å². The number of carbonyl (C=O) groups excluding carboxylic acids is 1. The minimum absolute atomic E-state index is 0.0362. The van der Waals surface area contributed by atoms with Gasteiger partial charge in [-0.2, -0.15) is 11.3 Å². The lowest BCUT2D eigenvalue weighted by Gasteiger charge is -2.30. The summed E-state index contributed by atoms with van der Waals surface area (Å²) in [7, 11) is 0. The van der Waals surface area contributed by atoms with E-state index in [0.29, 0.717) is 13.2 Å². The molecule has 0 spiro atoms. The predicted octanol–water partition coefficient (Wildman–Crippen LogP) is 3.99. The predicted molar refractivity (Wildman–Crippen MR) is 105 cm³/mol. The molecule has 2 aromatic rings. The topological polar surface area (TPSA) is 38.8 Å². The van der Waals surface area contributed by atoms with Crippen LogP contribution >= 0.6 is 11.3 Å². The largest absolute Gasteiger partial charge is 0.492 e. The first-order valence-corrected chi connectivity index (χ1v) is 10.3. The van der Waals surface area contributed by atoms with Crippen LogP contribution in [0, 0.1) is 5.92 Å². The summed E-state index contributed by atoms with van der Waals surface area (Å²) in [5.74, 6) is 0.953. The Kier molecular flexibility index (Phi) is 7.09. The third kappa shape index (κ3) is 5.58. The van der Waals surface area contributed by atoms with Crippen molar-refractivity contribution in [3.63, 3.8) is 0 Å². The van der Waals surface area contributed by atoms with Gasteiger partial charge in [0.15, 0.2) is 0 Å². The summed E-state index contributed by atoms with van der Waals surface area (Å²) in [6, 6.07) is 10.5. The number of likely N-dealkylation sites (tertiary alicyclic amines) is 1. The van der Waals surface area contributed by atoms with E-state index >= 15 is 0 Å². The Morgan fingerprint density at radius 1 is 1.15 bits per heavy atom. The Hall–Kier alpha value is -1.85. The van der Waals surface area contributed by atoms with Gasteiger partial charge in [0.2, 0.25) is 0 Å². The Labute approximate surface area is 159 Å². The summed E-state index contributed by atoms with van der Waals surface area (Å²) >= 11 is 1.74. The number of rotatable bonds is 8. The van der Waals surface area contributed by atoms with Crippen LogP contribution in [-0.4, -0.2) is 43.7 Å². The summed E-state index contributed by atoms with van der Waals surface area (Å²) in [5.41, 5.74) is 2.66. The third-order valence-corrected chi connectivity index (χ3v) is 5.53. The van der Waals surface area contributed by atoms with Crippen LogP contribution in [-0.2, 0) is 16.0 Å². The van der Waals surface area contributed by atoms with Gasteiger partial charge in [-0.25, -0.2) is 0 Å². The van der Waals surface area contributed by atoms with Crippen LogP contribution in [0.4, 0.5) is 0 Å². The molecular weight excluding hydrogens is 346 g/mol. The lowest BCUT2D eigenvalue weighted by atomic mass is 9.97. The second-order valence-corrected chi connectivity index (χ2v) is 7.45. The van der Waals surface area contributed by atoms with Crippen LogP contribution in [0.2, 0.25) is 0 Å². The highest BCUT2D eigenvalue weighted by Crippen LogP contribution is 2.19. The van der Waals surface area contributed by atoms with E-state index in [4.69, 9.17) is 9.47 Å². The first-order valence-electron chi connectivity index (χ1n) is 9.36. The molecule has 1 fully saturated rings. The molecule has 0 radical (unpaired) electrons. The molecule has 0 amide bonds. The highest BCUT2D eigenvalue weighted by Gasteiger charge is 2.25. The van der Waals surface area contributed by atoms with Crippen molar-refractivity contribution < 1.29 is 14.3 Å². The van der Waals surface area contributed by atoms with E-state index in [9.17, 15) is 4.79 Å². The van der Waals surface area contributed by atoms with Gasteiger partial charge in [0.25, 0.3) is 0 Å². The Bertz CT molecular complexity index is 661. The van der Waals surface area contributed by atoms with Crippen LogP contribution in [0.5, 0.6) is 5.75 Å². The average Bonchev–Trinajstić information content (AvgIpc) is 3.17. The minimum Gasteiger partial charge on any atom is -0.492 e. The number of benzene rings is 1. The highest BCUT2D eigenvalue weighted by atomic mass is 32.1. The monoisotopic (exact) mass is 373 g/mol. The summed E-state index contributed by atoms with van der Waals surface area (Å²) < 4.78 is 11.0. The fourth-order valence-corrected chi connectivity index (χ4v) is 3.95. The fraction of sp³-hybridized carbons (Fsp3) is 0.476. The SMILES string of the molecule is CCOC(=O)C1CCN(CCOc2ccc(Cc3ccsc3)cc2)CC1. The highest BCUT2D eigenvalue weighted by molar-refractivity contribution is 7.07. The molecule has 1 aromatic heterocycles. The normalized spacial score (nSPS) is 15.7. The minimum atomic E-state index is -0.0362. The van der Waals surface area contributed by atoms with Gasteiger partial charge in [0.1, 0.15) is 12.4 Å². The van der Waals surface area contributed by atoms with Gasteiger partial charge >= 0.3 is 5.97 Å². The van der Waals surface area contributed by atoms with Crippen molar-refractivity contribution in [2.24, 2.45) is 5.92 Å². The van der Waals surface area contributed by atoms with Crippen LogP contribution in [0.15, 0.2) is 41.1 Å². The number of hydrogen-bond donors (Lipinski definition) is 0. The van der Waals surface area contributed by atoms with E-state index in [0.717, 1.165) is 44.6 Å². The van der Waals surface area contributed by atoms with Crippen LogP contribution < -0.4 is 4.74 Å². The first-order chi connectivity index (χ1) is 12.7. The van der Waals surface area contributed by atoms with Crippen molar-refractivity contribution in [2.45, 2.75) is 26.2 Å². The van der Waals surface area contributed by atoms with Crippen molar-refractivity contribution in [1.29, 1.82) is 0 Å².